The van der Waals surface area contributed by atoms with Crippen molar-refractivity contribution in [1.29, 1.82) is 0 Å². The molecule has 0 radical (unpaired) electrons. The number of aryl methyl sites for hydroxylation is 1. The third-order valence-corrected chi connectivity index (χ3v) is 4.18. The smallest absolute Gasteiger partial charge is 0.195 e. The lowest BCUT2D eigenvalue weighted by molar-refractivity contribution is 0.607. The van der Waals surface area contributed by atoms with Crippen LogP contribution in [0.2, 0.25) is 4.34 Å². The van der Waals surface area contributed by atoms with Crippen molar-refractivity contribution in [3.63, 3.8) is 0 Å². The van der Waals surface area contributed by atoms with Gasteiger partial charge in [0.25, 0.3) is 0 Å². The van der Waals surface area contributed by atoms with E-state index in [2.05, 4.69) is 24.0 Å². The number of aromatic amines is 1. The van der Waals surface area contributed by atoms with Gasteiger partial charge >= 0.3 is 0 Å². The number of nitrogens with zero attached hydrogens (tertiary/aromatic N) is 2. The van der Waals surface area contributed by atoms with Crippen LogP contribution in [0, 0.1) is 4.77 Å². The molecular weight excluding hydrogens is 262 g/mol. The van der Waals surface area contributed by atoms with Crippen molar-refractivity contribution in [1.82, 2.24) is 14.8 Å². The number of nitrogens with one attached hydrogen (secondary N) is 1. The highest BCUT2D eigenvalue weighted by Gasteiger charge is 2.15. The Hall–Kier alpha value is -0.650. The molecule has 6 heteroatoms. The molecule has 0 saturated heterocycles. The maximum atomic E-state index is 5.94. The Balaban J connectivity index is 2.44. The molecule has 0 aliphatic rings. The molecule has 0 aromatic carbocycles. The van der Waals surface area contributed by atoms with Crippen molar-refractivity contribution in [2.75, 3.05) is 0 Å². The predicted molar refractivity (Wildman–Crippen MR) is 69.9 cm³/mol. The summed E-state index contributed by atoms with van der Waals surface area (Å²) in [6.07, 6.45) is 0.858. The zero-order valence-electron chi connectivity index (χ0n) is 9.03. The fraction of sp³-hybridized carbons (Fsp3) is 0.400. The summed E-state index contributed by atoms with van der Waals surface area (Å²) < 4.78 is 3.50. The minimum absolute atomic E-state index is 0.179. The molecule has 0 spiro atoms. The molecule has 2 aromatic rings. The lowest BCUT2D eigenvalue weighted by atomic mass is 10.2. The summed E-state index contributed by atoms with van der Waals surface area (Å²) in [5.41, 5.74) is 0. The maximum Gasteiger partial charge on any atom is 0.195 e. The second-order valence-electron chi connectivity index (χ2n) is 3.49. The molecule has 1 N–H and O–H groups in total. The fourth-order valence-electron chi connectivity index (χ4n) is 1.67. The highest BCUT2D eigenvalue weighted by atomic mass is 35.5. The number of hydrogen-bond donors (Lipinski definition) is 1. The second kappa shape index (κ2) is 4.69. The van der Waals surface area contributed by atoms with Crippen LogP contribution in [-0.4, -0.2) is 14.8 Å². The Morgan fingerprint density at radius 3 is 2.94 bits per heavy atom. The Kier molecular flexibility index (Phi) is 3.47. The van der Waals surface area contributed by atoms with Crippen LogP contribution in [0.1, 0.15) is 30.6 Å². The van der Waals surface area contributed by atoms with Crippen LogP contribution in [0.25, 0.3) is 0 Å². The highest BCUT2D eigenvalue weighted by Crippen LogP contribution is 2.29. The van der Waals surface area contributed by atoms with Gasteiger partial charge in [-0.15, -0.1) is 11.3 Å². The van der Waals surface area contributed by atoms with E-state index in [1.807, 2.05) is 16.7 Å². The number of hydrogen-bond acceptors (Lipinski definition) is 3. The molecule has 16 heavy (non-hydrogen) atoms. The van der Waals surface area contributed by atoms with E-state index in [4.69, 9.17) is 23.8 Å². The summed E-state index contributed by atoms with van der Waals surface area (Å²) in [6.45, 7) is 4.17. The molecule has 0 fully saturated rings. The van der Waals surface area contributed by atoms with E-state index < -0.39 is 0 Å². The monoisotopic (exact) mass is 273 g/mol. The first-order valence-corrected chi connectivity index (χ1v) is 6.64. The van der Waals surface area contributed by atoms with Crippen LogP contribution in [0.5, 0.6) is 0 Å². The van der Waals surface area contributed by atoms with Gasteiger partial charge < -0.3 is 0 Å². The standard InChI is InChI=1S/C10H12ClN3S2/c1-3-9-12-13-10(15)14(9)6(2)7-4-5-8(11)16-7/h4-6H,3H2,1-2H3,(H,13,15). The van der Waals surface area contributed by atoms with E-state index in [0.717, 1.165) is 16.6 Å². The van der Waals surface area contributed by atoms with Gasteiger partial charge in [0.15, 0.2) is 4.77 Å². The molecule has 1 atom stereocenters. The zero-order chi connectivity index (χ0) is 11.7. The van der Waals surface area contributed by atoms with Gasteiger partial charge in [0.1, 0.15) is 5.82 Å². The Labute approximate surface area is 108 Å². The highest BCUT2D eigenvalue weighted by molar-refractivity contribution is 7.71. The molecule has 86 valence electrons. The van der Waals surface area contributed by atoms with E-state index in [0.29, 0.717) is 4.77 Å². The number of halogens is 1. The molecule has 0 aliphatic carbocycles. The quantitative estimate of drug-likeness (QED) is 0.863. The van der Waals surface area contributed by atoms with E-state index in [1.54, 1.807) is 11.3 Å². The van der Waals surface area contributed by atoms with E-state index >= 15 is 0 Å². The van der Waals surface area contributed by atoms with Crippen molar-refractivity contribution in [3.8, 4) is 0 Å². The number of thiophene rings is 1. The third kappa shape index (κ3) is 2.07. The molecule has 3 nitrogen and oxygen atoms in total. The average molecular weight is 274 g/mol. The zero-order valence-corrected chi connectivity index (χ0v) is 11.4. The van der Waals surface area contributed by atoms with Gasteiger partial charge in [-0.25, -0.2) is 0 Å². The first-order valence-electron chi connectivity index (χ1n) is 5.04. The van der Waals surface area contributed by atoms with Gasteiger partial charge in [0.05, 0.1) is 10.4 Å². The number of aromatic nitrogens is 3. The minimum Gasteiger partial charge on any atom is -0.296 e. The van der Waals surface area contributed by atoms with Crippen molar-refractivity contribution in [3.05, 3.63) is 31.9 Å². The normalized spacial score (nSPS) is 12.9. The summed E-state index contributed by atoms with van der Waals surface area (Å²) in [5.74, 6) is 0.974. The largest absolute Gasteiger partial charge is 0.296 e. The molecule has 1 unspecified atom stereocenters. The fourth-order valence-corrected chi connectivity index (χ4v) is 3.08. The molecule has 0 bridgehead atoms. The first kappa shape index (κ1) is 11.8. The lowest BCUT2D eigenvalue weighted by Gasteiger charge is -2.13. The van der Waals surface area contributed by atoms with Crippen LogP contribution in [0.4, 0.5) is 0 Å². The van der Waals surface area contributed by atoms with E-state index in [-0.39, 0.29) is 6.04 Å². The van der Waals surface area contributed by atoms with Crippen LogP contribution in [0.3, 0.4) is 0 Å². The molecule has 2 heterocycles. The van der Waals surface area contributed by atoms with Gasteiger partial charge in [0.2, 0.25) is 0 Å². The Morgan fingerprint density at radius 2 is 2.38 bits per heavy atom. The van der Waals surface area contributed by atoms with Crippen LogP contribution in [0.15, 0.2) is 12.1 Å². The van der Waals surface area contributed by atoms with Crippen molar-refractivity contribution < 1.29 is 0 Å². The molecule has 2 rings (SSSR count). The number of H-pyrrole nitrogens is 1. The number of rotatable bonds is 3. The summed E-state index contributed by atoms with van der Waals surface area (Å²) >= 11 is 12.8. The van der Waals surface area contributed by atoms with Gasteiger partial charge in [0, 0.05) is 11.3 Å². The molecule has 2 aromatic heterocycles. The van der Waals surface area contributed by atoms with Gasteiger partial charge in [-0.05, 0) is 31.3 Å². The summed E-state index contributed by atoms with van der Waals surface area (Å²) in [5, 5.41) is 7.04. The van der Waals surface area contributed by atoms with E-state index in [9.17, 15) is 0 Å². The van der Waals surface area contributed by atoms with Crippen molar-refractivity contribution >= 4 is 35.2 Å². The summed E-state index contributed by atoms with van der Waals surface area (Å²) in [7, 11) is 0. The summed E-state index contributed by atoms with van der Waals surface area (Å²) in [6, 6.07) is 4.12. The molecule has 0 aliphatic heterocycles. The van der Waals surface area contributed by atoms with Gasteiger partial charge in [-0.2, -0.15) is 5.10 Å². The van der Waals surface area contributed by atoms with Gasteiger partial charge in [-0.3, -0.25) is 9.67 Å². The Morgan fingerprint density at radius 1 is 1.62 bits per heavy atom. The van der Waals surface area contributed by atoms with Crippen LogP contribution in [-0.2, 0) is 6.42 Å². The SMILES string of the molecule is CCc1n[nH]c(=S)n1C(C)c1ccc(Cl)s1. The van der Waals surface area contributed by atoms with E-state index in [1.165, 1.54) is 4.88 Å². The second-order valence-corrected chi connectivity index (χ2v) is 5.62. The molecule has 0 saturated carbocycles. The third-order valence-electron chi connectivity index (χ3n) is 2.49. The van der Waals surface area contributed by atoms with Crippen molar-refractivity contribution in [2.24, 2.45) is 0 Å². The predicted octanol–water partition coefficient (Wildman–Crippen LogP) is 3.83. The molecular formula is C10H12ClN3S2. The van der Waals surface area contributed by atoms with Gasteiger partial charge in [-0.1, -0.05) is 18.5 Å². The molecule has 0 amide bonds. The average Bonchev–Trinajstić information content (AvgIpc) is 2.83. The Bertz CT molecular complexity index is 540. The van der Waals surface area contributed by atoms with Crippen LogP contribution < -0.4 is 0 Å². The maximum absolute atomic E-state index is 5.94. The summed E-state index contributed by atoms with van der Waals surface area (Å²) in [4.78, 5) is 1.19. The lowest BCUT2D eigenvalue weighted by Crippen LogP contribution is -2.09. The van der Waals surface area contributed by atoms with Crippen LogP contribution >= 0.6 is 35.2 Å². The minimum atomic E-state index is 0.179. The van der Waals surface area contributed by atoms with Crippen molar-refractivity contribution in [2.45, 2.75) is 26.3 Å². The topological polar surface area (TPSA) is 33.6 Å². The first-order chi connectivity index (χ1) is 7.63.